The van der Waals surface area contributed by atoms with Gasteiger partial charge in [0.2, 0.25) is 0 Å². The van der Waals surface area contributed by atoms with Crippen LogP contribution in [0.4, 0.5) is 24.8 Å². The second-order valence-corrected chi connectivity index (χ2v) is 8.68. The Morgan fingerprint density at radius 2 is 1.94 bits per heavy atom. The molecule has 0 radical (unpaired) electrons. The number of aryl methyl sites for hydroxylation is 2. The van der Waals surface area contributed by atoms with Crippen LogP contribution in [0.2, 0.25) is 0 Å². The van der Waals surface area contributed by atoms with Gasteiger partial charge in [-0.15, -0.1) is 0 Å². The summed E-state index contributed by atoms with van der Waals surface area (Å²) >= 11 is 0. The summed E-state index contributed by atoms with van der Waals surface area (Å²) in [6.45, 7) is 5.05. The quantitative estimate of drug-likeness (QED) is 0.428. The molecule has 0 aromatic carbocycles. The van der Waals surface area contributed by atoms with Gasteiger partial charge in [0.05, 0.1) is 11.7 Å². The number of hydrogen-bond donors (Lipinski definition) is 1. The van der Waals surface area contributed by atoms with Gasteiger partial charge in [-0.25, -0.2) is 19.5 Å². The van der Waals surface area contributed by atoms with E-state index in [0.717, 1.165) is 30.9 Å². The first-order valence-electron chi connectivity index (χ1n) is 11.1. The Morgan fingerprint density at radius 1 is 1.11 bits per heavy atom. The highest BCUT2D eigenvalue weighted by atomic mass is 19.4. The highest BCUT2D eigenvalue weighted by Gasteiger charge is 2.33. The van der Waals surface area contributed by atoms with Gasteiger partial charge in [-0.05, 0) is 57.6 Å². The van der Waals surface area contributed by atoms with Crippen molar-refractivity contribution >= 4 is 17.2 Å². The van der Waals surface area contributed by atoms with Crippen LogP contribution in [-0.4, -0.2) is 55.7 Å². The summed E-state index contributed by atoms with van der Waals surface area (Å²) in [5, 5.41) is 7.64. The van der Waals surface area contributed by atoms with E-state index in [1.54, 1.807) is 41.9 Å². The van der Waals surface area contributed by atoms with Gasteiger partial charge in [-0.3, -0.25) is 4.90 Å². The molecule has 182 valence electrons. The minimum atomic E-state index is -4.56. The summed E-state index contributed by atoms with van der Waals surface area (Å²) in [6.07, 6.45) is -0.719. The van der Waals surface area contributed by atoms with Gasteiger partial charge >= 0.3 is 6.18 Å². The fourth-order valence-electron chi connectivity index (χ4n) is 4.04. The number of alkyl halides is 3. The molecule has 0 unspecified atom stereocenters. The maximum Gasteiger partial charge on any atom is 0.433 e. The minimum Gasteiger partial charge on any atom is -0.490 e. The molecule has 1 aliphatic heterocycles. The molecule has 4 aromatic rings. The van der Waals surface area contributed by atoms with Crippen LogP contribution in [0.3, 0.4) is 0 Å². The van der Waals surface area contributed by atoms with Crippen molar-refractivity contribution in [1.82, 2.24) is 29.5 Å². The molecule has 0 saturated carbocycles. The number of halogens is 3. The summed E-state index contributed by atoms with van der Waals surface area (Å²) in [7, 11) is 1.99. The molecule has 1 N–H and O–H groups in total. The fourth-order valence-corrected chi connectivity index (χ4v) is 4.04. The predicted octanol–water partition coefficient (Wildman–Crippen LogP) is 4.65. The molecule has 0 amide bonds. The Kier molecular flexibility index (Phi) is 5.79. The van der Waals surface area contributed by atoms with Gasteiger partial charge in [-0.2, -0.15) is 18.3 Å². The maximum atomic E-state index is 13.4. The largest absolute Gasteiger partial charge is 0.490 e. The summed E-state index contributed by atoms with van der Waals surface area (Å²) in [5.41, 5.74) is 1.45. The van der Waals surface area contributed by atoms with Crippen LogP contribution in [0.15, 0.2) is 42.7 Å². The molecule has 4 aromatic heterocycles. The van der Waals surface area contributed by atoms with Crippen molar-refractivity contribution in [3.8, 4) is 16.9 Å². The van der Waals surface area contributed by atoms with Crippen molar-refractivity contribution in [1.29, 1.82) is 0 Å². The second-order valence-electron chi connectivity index (χ2n) is 8.68. The SMILES string of the molecule is Cc1cc(Nc2cc3cc(-c4cc(C(F)(F)F)ncc4OC[C@H]4CCN4C)ccn3n2)nc(C)n1. The van der Waals surface area contributed by atoms with Gasteiger partial charge in [0.15, 0.2) is 5.82 Å². The van der Waals surface area contributed by atoms with E-state index in [1.165, 1.54) is 0 Å². The first-order valence-corrected chi connectivity index (χ1v) is 11.1. The lowest BCUT2D eigenvalue weighted by Gasteiger charge is -2.37. The van der Waals surface area contributed by atoms with E-state index in [1.807, 2.05) is 14.0 Å². The molecule has 1 aliphatic rings. The van der Waals surface area contributed by atoms with E-state index in [-0.39, 0.29) is 6.04 Å². The first kappa shape index (κ1) is 23.0. The molecule has 8 nitrogen and oxygen atoms in total. The number of nitrogens with zero attached hydrogens (tertiary/aromatic N) is 6. The Hall–Kier alpha value is -3.73. The van der Waals surface area contributed by atoms with E-state index < -0.39 is 11.9 Å². The second kappa shape index (κ2) is 8.81. The molecular weight excluding hydrogens is 459 g/mol. The highest BCUT2D eigenvalue weighted by molar-refractivity contribution is 5.75. The molecule has 0 bridgehead atoms. The third kappa shape index (κ3) is 4.90. The average molecular weight is 483 g/mol. The third-order valence-corrected chi connectivity index (χ3v) is 6.02. The fraction of sp³-hybridized carbons (Fsp3) is 0.333. The number of likely N-dealkylation sites (tertiary alicyclic amines) is 1. The van der Waals surface area contributed by atoms with Crippen LogP contribution in [0, 0.1) is 13.8 Å². The molecule has 1 fully saturated rings. The number of pyridine rings is 2. The van der Waals surface area contributed by atoms with Crippen molar-refractivity contribution in [2.45, 2.75) is 32.5 Å². The number of nitrogens with one attached hydrogen (secondary N) is 1. The van der Waals surface area contributed by atoms with Gasteiger partial charge in [0.1, 0.15) is 29.7 Å². The van der Waals surface area contributed by atoms with Crippen molar-refractivity contribution in [3.05, 3.63) is 59.9 Å². The Morgan fingerprint density at radius 3 is 2.63 bits per heavy atom. The molecule has 5 rings (SSSR count). The van der Waals surface area contributed by atoms with Crippen LogP contribution in [-0.2, 0) is 6.18 Å². The lowest BCUT2D eigenvalue weighted by atomic mass is 10.0. The van der Waals surface area contributed by atoms with Crippen LogP contribution in [0.25, 0.3) is 16.6 Å². The number of anilines is 2. The summed E-state index contributed by atoms with van der Waals surface area (Å²) in [4.78, 5) is 14.4. The van der Waals surface area contributed by atoms with Crippen molar-refractivity contribution in [3.63, 3.8) is 0 Å². The summed E-state index contributed by atoms with van der Waals surface area (Å²) in [5.74, 6) is 2.11. The Balaban J connectivity index is 1.47. The van der Waals surface area contributed by atoms with E-state index in [0.29, 0.717) is 46.5 Å². The number of hydrogen-bond acceptors (Lipinski definition) is 7. The van der Waals surface area contributed by atoms with E-state index >= 15 is 0 Å². The van der Waals surface area contributed by atoms with E-state index in [2.05, 4.69) is 30.3 Å². The van der Waals surface area contributed by atoms with Gasteiger partial charge in [-0.1, -0.05) is 0 Å². The summed E-state index contributed by atoms with van der Waals surface area (Å²) < 4.78 is 47.8. The monoisotopic (exact) mass is 483 g/mol. The molecule has 5 heterocycles. The standard InChI is InChI=1S/C24H24F3N7O/c1-14-8-22(30-15(2)29-14)31-23-10-18-9-16(4-7-34(18)32-23)19-11-21(24(25,26)27)28-12-20(19)35-13-17-5-6-33(17)3/h4,7-12,17H,5-6,13H2,1-3H3,(H,29,30,31,32)/t17-/m1/s1. The first-order chi connectivity index (χ1) is 16.7. The Labute approximate surface area is 199 Å². The molecule has 1 atom stereocenters. The van der Waals surface area contributed by atoms with Gasteiger partial charge in [0, 0.05) is 35.6 Å². The number of fused-ring (bicyclic) bond motifs is 1. The van der Waals surface area contributed by atoms with Gasteiger partial charge < -0.3 is 10.1 Å². The van der Waals surface area contributed by atoms with E-state index in [4.69, 9.17) is 4.74 Å². The number of aromatic nitrogens is 5. The van der Waals surface area contributed by atoms with Crippen LogP contribution in [0.1, 0.15) is 23.6 Å². The lowest BCUT2D eigenvalue weighted by Crippen LogP contribution is -2.48. The minimum absolute atomic E-state index is 0.241. The third-order valence-electron chi connectivity index (χ3n) is 6.02. The normalized spacial score (nSPS) is 16.3. The van der Waals surface area contributed by atoms with Gasteiger partial charge in [0.25, 0.3) is 0 Å². The topological polar surface area (TPSA) is 80.5 Å². The smallest absolute Gasteiger partial charge is 0.433 e. The lowest BCUT2D eigenvalue weighted by molar-refractivity contribution is -0.141. The van der Waals surface area contributed by atoms with E-state index in [9.17, 15) is 13.2 Å². The van der Waals surface area contributed by atoms with Crippen molar-refractivity contribution in [2.75, 3.05) is 25.5 Å². The van der Waals surface area contributed by atoms with Crippen LogP contribution < -0.4 is 10.1 Å². The highest BCUT2D eigenvalue weighted by Crippen LogP contribution is 2.36. The van der Waals surface area contributed by atoms with Crippen molar-refractivity contribution in [2.24, 2.45) is 0 Å². The molecule has 35 heavy (non-hydrogen) atoms. The zero-order chi connectivity index (χ0) is 24.7. The molecule has 0 aliphatic carbocycles. The van der Waals surface area contributed by atoms with Crippen LogP contribution >= 0.6 is 0 Å². The zero-order valence-electron chi connectivity index (χ0n) is 19.5. The number of likely N-dealkylation sites (N-methyl/N-ethyl adjacent to an activating group) is 1. The van der Waals surface area contributed by atoms with Crippen molar-refractivity contribution < 1.29 is 17.9 Å². The summed E-state index contributed by atoms with van der Waals surface area (Å²) in [6, 6.07) is 8.36. The predicted molar refractivity (Wildman–Crippen MR) is 125 cm³/mol. The molecule has 1 saturated heterocycles. The Bertz CT molecular complexity index is 1370. The average Bonchev–Trinajstić information content (AvgIpc) is 3.18. The molecule has 11 heteroatoms. The zero-order valence-corrected chi connectivity index (χ0v) is 19.5. The maximum absolute atomic E-state index is 13.4. The number of rotatable bonds is 6. The molecule has 0 spiro atoms. The molecular formula is C24H24F3N7O. The number of ether oxygens (including phenoxy) is 1. The van der Waals surface area contributed by atoms with Crippen LogP contribution in [0.5, 0.6) is 5.75 Å².